The Labute approximate surface area is 96.3 Å². The van der Waals surface area contributed by atoms with Crippen LogP contribution in [0.25, 0.3) is 0 Å². The quantitative estimate of drug-likeness (QED) is 0.308. The van der Waals surface area contributed by atoms with Gasteiger partial charge < -0.3 is 9.64 Å². The summed E-state index contributed by atoms with van der Waals surface area (Å²) in [5.41, 5.74) is 0.734. The first-order valence-electron chi connectivity index (χ1n) is 5.55. The molecule has 0 amide bonds. The topological polar surface area (TPSA) is 46.6 Å². The van der Waals surface area contributed by atoms with Crippen LogP contribution in [0.5, 0.6) is 0 Å². The van der Waals surface area contributed by atoms with Crippen molar-refractivity contribution in [1.29, 1.82) is 0 Å². The molecule has 0 aromatic carbocycles. The first-order valence-corrected chi connectivity index (χ1v) is 5.55. The van der Waals surface area contributed by atoms with Crippen LogP contribution in [0.15, 0.2) is 11.8 Å². The van der Waals surface area contributed by atoms with Gasteiger partial charge in [0.2, 0.25) is 0 Å². The molecule has 16 heavy (non-hydrogen) atoms. The second-order valence-corrected chi connectivity index (χ2v) is 4.30. The van der Waals surface area contributed by atoms with Crippen molar-refractivity contribution >= 4 is 11.8 Å². The standard InChI is InChI=1S/C12H19NO3/c1-13(2)8-9-6-4-5-7-10(11(9)14)12(15)16-3/h8,10H,4-7H2,1-3H3. The first kappa shape index (κ1) is 12.7. The summed E-state index contributed by atoms with van der Waals surface area (Å²) in [6.07, 6.45) is 5.03. The molecule has 0 aliphatic heterocycles. The lowest BCUT2D eigenvalue weighted by molar-refractivity contribution is -0.148. The van der Waals surface area contributed by atoms with Crippen molar-refractivity contribution in [2.75, 3.05) is 21.2 Å². The number of allylic oxidation sites excluding steroid dienone is 1. The largest absolute Gasteiger partial charge is 0.468 e. The molecule has 4 nitrogen and oxygen atoms in total. The Morgan fingerprint density at radius 1 is 1.44 bits per heavy atom. The Bertz CT molecular complexity index is 307. The van der Waals surface area contributed by atoms with E-state index in [2.05, 4.69) is 4.74 Å². The highest BCUT2D eigenvalue weighted by atomic mass is 16.5. The van der Waals surface area contributed by atoms with Gasteiger partial charge in [-0.25, -0.2) is 0 Å². The van der Waals surface area contributed by atoms with Gasteiger partial charge in [0.15, 0.2) is 5.78 Å². The van der Waals surface area contributed by atoms with Crippen molar-refractivity contribution in [2.24, 2.45) is 5.92 Å². The number of carbonyl (C=O) groups excluding carboxylic acids is 2. The Hall–Kier alpha value is -1.32. The van der Waals surface area contributed by atoms with E-state index in [4.69, 9.17) is 0 Å². The maximum atomic E-state index is 12.1. The van der Waals surface area contributed by atoms with Crippen molar-refractivity contribution in [3.05, 3.63) is 11.8 Å². The summed E-state index contributed by atoms with van der Waals surface area (Å²) in [5, 5.41) is 0. The number of ketones is 1. The van der Waals surface area contributed by atoms with Gasteiger partial charge in [0.25, 0.3) is 0 Å². The molecule has 0 heterocycles. The van der Waals surface area contributed by atoms with Crippen LogP contribution in [0.4, 0.5) is 0 Å². The molecule has 1 rings (SSSR count). The average molecular weight is 225 g/mol. The van der Waals surface area contributed by atoms with Gasteiger partial charge in [-0.05, 0) is 19.3 Å². The third kappa shape index (κ3) is 3.08. The molecule has 90 valence electrons. The molecule has 0 bridgehead atoms. The van der Waals surface area contributed by atoms with Gasteiger partial charge in [0.1, 0.15) is 5.92 Å². The number of Topliss-reactive ketones (excluding diaryl/α,β-unsaturated/α-hetero) is 1. The monoisotopic (exact) mass is 225 g/mol. The van der Waals surface area contributed by atoms with Gasteiger partial charge in [-0.3, -0.25) is 9.59 Å². The smallest absolute Gasteiger partial charge is 0.316 e. The van der Waals surface area contributed by atoms with Crippen LogP contribution in [-0.4, -0.2) is 37.9 Å². The minimum Gasteiger partial charge on any atom is -0.468 e. The van der Waals surface area contributed by atoms with E-state index in [1.54, 1.807) is 0 Å². The normalized spacial score (nSPS) is 24.1. The van der Waals surface area contributed by atoms with E-state index in [9.17, 15) is 9.59 Å². The van der Waals surface area contributed by atoms with Gasteiger partial charge in [-0.1, -0.05) is 6.42 Å². The van der Waals surface area contributed by atoms with E-state index in [1.807, 2.05) is 25.2 Å². The van der Waals surface area contributed by atoms with Crippen LogP contribution in [0.1, 0.15) is 25.7 Å². The van der Waals surface area contributed by atoms with Crippen molar-refractivity contribution in [3.63, 3.8) is 0 Å². The number of hydrogen-bond acceptors (Lipinski definition) is 4. The van der Waals surface area contributed by atoms with Crippen LogP contribution in [0.2, 0.25) is 0 Å². The molecule has 0 spiro atoms. The van der Waals surface area contributed by atoms with Crippen molar-refractivity contribution in [1.82, 2.24) is 4.90 Å². The Kier molecular flexibility index (Phi) is 4.52. The van der Waals surface area contributed by atoms with E-state index in [0.717, 1.165) is 24.8 Å². The zero-order chi connectivity index (χ0) is 12.1. The van der Waals surface area contributed by atoms with Crippen molar-refractivity contribution < 1.29 is 14.3 Å². The number of methoxy groups -OCH3 is 1. The molecule has 1 saturated carbocycles. The summed E-state index contributed by atoms with van der Waals surface area (Å²) in [6.45, 7) is 0. The maximum absolute atomic E-state index is 12.1. The van der Waals surface area contributed by atoms with Crippen LogP contribution < -0.4 is 0 Å². The highest BCUT2D eigenvalue weighted by molar-refractivity contribution is 6.08. The summed E-state index contributed by atoms with van der Waals surface area (Å²) in [5.74, 6) is -1.08. The van der Waals surface area contributed by atoms with E-state index in [0.29, 0.717) is 6.42 Å². The minimum absolute atomic E-state index is 0.0712. The third-order valence-corrected chi connectivity index (χ3v) is 2.72. The molecule has 0 aromatic heterocycles. The van der Waals surface area contributed by atoms with Gasteiger partial charge in [0, 0.05) is 25.9 Å². The summed E-state index contributed by atoms with van der Waals surface area (Å²) in [6, 6.07) is 0. The Morgan fingerprint density at radius 3 is 2.69 bits per heavy atom. The maximum Gasteiger partial charge on any atom is 0.316 e. The summed E-state index contributed by atoms with van der Waals surface area (Å²) in [7, 11) is 5.08. The lowest BCUT2D eigenvalue weighted by Gasteiger charge is -2.13. The highest BCUT2D eigenvalue weighted by Crippen LogP contribution is 2.25. The van der Waals surface area contributed by atoms with Gasteiger partial charge in [-0.2, -0.15) is 0 Å². The number of nitrogens with zero attached hydrogens (tertiary/aromatic N) is 1. The molecule has 1 atom stereocenters. The first-order chi connectivity index (χ1) is 7.56. The fourth-order valence-electron chi connectivity index (χ4n) is 1.95. The number of carbonyl (C=O) groups is 2. The van der Waals surface area contributed by atoms with Crippen LogP contribution in [-0.2, 0) is 14.3 Å². The minimum atomic E-state index is -0.598. The van der Waals surface area contributed by atoms with Gasteiger partial charge in [-0.15, -0.1) is 0 Å². The van der Waals surface area contributed by atoms with Gasteiger partial charge in [0.05, 0.1) is 7.11 Å². The molecule has 4 heteroatoms. The average Bonchev–Trinajstić information content (AvgIpc) is 2.41. The van der Waals surface area contributed by atoms with Crippen molar-refractivity contribution in [2.45, 2.75) is 25.7 Å². The van der Waals surface area contributed by atoms with E-state index < -0.39 is 11.9 Å². The lowest BCUT2D eigenvalue weighted by Crippen LogP contribution is -2.26. The second kappa shape index (κ2) is 5.68. The summed E-state index contributed by atoms with van der Waals surface area (Å²) < 4.78 is 4.67. The summed E-state index contributed by atoms with van der Waals surface area (Å²) in [4.78, 5) is 25.4. The fourth-order valence-corrected chi connectivity index (χ4v) is 1.95. The number of esters is 1. The molecule has 1 fully saturated rings. The van der Waals surface area contributed by atoms with Crippen LogP contribution in [0.3, 0.4) is 0 Å². The zero-order valence-corrected chi connectivity index (χ0v) is 10.2. The Morgan fingerprint density at radius 2 is 2.12 bits per heavy atom. The molecule has 0 radical (unpaired) electrons. The second-order valence-electron chi connectivity index (χ2n) is 4.30. The number of ether oxygens (including phenoxy) is 1. The predicted molar refractivity (Wildman–Crippen MR) is 60.8 cm³/mol. The van der Waals surface area contributed by atoms with Crippen LogP contribution in [0, 0.1) is 5.92 Å². The Balaban J connectivity index is 2.89. The van der Waals surface area contributed by atoms with E-state index in [1.165, 1.54) is 7.11 Å². The molecule has 1 aliphatic carbocycles. The lowest BCUT2D eigenvalue weighted by atomic mass is 9.96. The van der Waals surface area contributed by atoms with Crippen LogP contribution >= 0.6 is 0 Å². The van der Waals surface area contributed by atoms with E-state index >= 15 is 0 Å². The molecule has 1 aliphatic rings. The summed E-state index contributed by atoms with van der Waals surface area (Å²) >= 11 is 0. The van der Waals surface area contributed by atoms with E-state index in [-0.39, 0.29) is 5.78 Å². The third-order valence-electron chi connectivity index (χ3n) is 2.72. The van der Waals surface area contributed by atoms with Gasteiger partial charge >= 0.3 is 5.97 Å². The fraction of sp³-hybridized carbons (Fsp3) is 0.667. The SMILES string of the molecule is COC(=O)C1CCCCC(=CN(C)C)C1=O. The molecule has 0 aromatic rings. The molecular formula is C12H19NO3. The molecule has 0 saturated heterocycles. The number of rotatable bonds is 2. The number of hydrogen-bond donors (Lipinski definition) is 0. The zero-order valence-electron chi connectivity index (χ0n) is 10.2. The van der Waals surface area contributed by atoms with Crippen molar-refractivity contribution in [3.8, 4) is 0 Å². The molecule has 0 N–H and O–H groups in total. The molecule has 1 unspecified atom stereocenters. The molecular weight excluding hydrogens is 206 g/mol. The highest BCUT2D eigenvalue weighted by Gasteiger charge is 2.31. The predicted octanol–water partition coefficient (Wildman–Crippen LogP) is 1.36.